The fraction of sp³-hybridized carbons (Fsp3) is 0.148. The molecule has 9 heteroatoms. The van der Waals surface area contributed by atoms with Gasteiger partial charge in [-0.15, -0.1) is 0 Å². The molecule has 3 aromatic carbocycles. The van der Waals surface area contributed by atoms with Crippen LogP contribution in [0.3, 0.4) is 0 Å². The monoisotopic (exact) mass is 676 g/mol. The second-order valence-electron chi connectivity index (χ2n) is 8.22. The Labute approximate surface area is 235 Å². The summed E-state index contributed by atoms with van der Waals surface area (Å²) in [5, 5.41) is 2.56. The van der Waals surface area contributed by atoms with E-state index in [0.29, 0.717) is 16.3 Å². The van der Waals surface area contributed by atoms with Crippen molar-refractivity contribution in [2.45, 2.75) is 20.4 Å². The van der Waals surface area contributed by atoms with Gasteiger partial charge in [-0.1, -0.05) is 24.3 Å². The van der Waals surface area contributed by atoms with Crippen LogP contribution in [0, 0.1) is 17.4 Å². The number of thioether (sulfide) groups is 1. The van der Waals surface area contributed by atoms with Gasteiger partial charge in [-0.2, -0.15) is 0 Å². The van der Waals surface area contributed by atoms with Gasteiger partial charge in [0, 0.05) is 8.04 Å². The molecular weight excluding hydrogens is 655 g/mol. The number of carbonyl (C=O) groups excluding carboxylic acids is 3. The largest absolute Gasteiger partial charge is 0.484 e. The summed E-state index contributed by atoms with van der Waals surface area (Å²) in [6.45, 7) is 4.09. The molecule has 0 saturated carbocycles. The molecule has 1 fully saturated rings. The molecule has 6 nitrogen and oxygen atoms in total. The number of ether oxygens (including phenoxy) is 1. The van der Waals surface area contributed by atoms with Gasteiger partial charge in [0.15, 0.2) is 6.61 Å². The first-order valence-corrected chi connectivity index (χ1v) is 13.7. The van der Waals surface area contributed by atoms with E-state index in [4.69, 9.17) is 4.74 Å². The molecule has 3 aromatic rings. The first-order valence-electron chi connectivity index (χ1n) is 11.0. The van der Waals surface area contributed by atoms with Crippen molar-refractivity contribution in [2.24, 2.45) is 0 Å². The van der Waals surface area contributed by atoms with Gasteiger partial charge in [0.2, 0.25) is 0 Å². The molecule has 0 atom stereocenters. The van der Waals surface area contributed by atoms with Gasteiger partial charge in [0.05, 0.1) is 17.1 Å². The zero-order valence-electron chi connectivity index (χ0n) is 19.5. The van der Waals surface area contributed by atoms with Crippen LogP contribution in [0.15, 0.2) is 70.0 Å². The second kappa shape index (κ2) is 11.6. The third-order valence-corrected chi connectivity index (χ3v) is 7.82. The number of hydrogen-bond acceptors (Lipinski definition) is 5. The Kier molecular flexibility index (Phi) is 8.53. The SMILES string of the molecule is Cc1cc(Br)c(NC(=O)COc2ccc(/C=C3\SC(=O)N(Cc4ccc(I)cc4)C3=O)cc2)cc1C. The Morgan fingerprint density at radius 1 is 1.06 bits per heavy atom. The third-order valence-electron chi connectivity index (χ3n) is 5.53. The molecule has 0 unspecified atom stereocenters. The molecule has 4 rings (SSSR count). The standard InChI is InChI=1S/C27H22BrIN2O4S/c1-16-11-22(28)23(12-17(16)2)30-25(32)15-35-21-9-5-18(6-10-21)13-24-26(33)31(27(34)36-24)14-19-3-7-20(29)8-4-19/h3-13H,14-15H2,1-2H3,(H,30,32)/b24-13-. The lowest BCUT2D eigenvalue weighted by molar-refractivity contribution is -0.123. The maximum Gasteiger partial charge on any atom is 0.293 e. The van der Waals surface area contributed by atoms with Crippen LogP contribution in [0.1, 0.15) is 22.3 Å². The summed E-state index contributed by atoms with van der Waals surface area (Å²) in [7, 11) is 0. The maximum atomic E-state index is 12.8. The number of hydrogen-bond donors (Lipinski definition) is 1. The van der Waals surface area contributed by atoms with Gasteiger partial charge in [-0.25, -0.2) is 0 Å². The van der Waals surface area contributed by atoms with Crippen LogP contribution in [0.5, 0.6) is 5.75 Å². The number of rotatable bonds is 7. The number of benzene rings is 3. The highest BCUT2D eigenvalue weighted by Gasteiger charge is 2.34. The van der Waals surface area contributed by atoms with E-state index in [1.165, 1.54) is 4.90 Å². The molecule has 36 heavy (non-hydrogen) atoms. The lowest BCUT2D eigenvalue weighted by Gasteiger charge is -2.12. The molecule has 0 aromatic heterocycles. The minimum atomic E-state index is -0.307. The summed E-state index contributed by atoms with van der Waals surface area (Å²) in [6.07, 6.45) is 1.69. The number of carbonyl (C=O) groups is 3. The Morgan fingerprint density at radius 3 is 2.42 bits per heavy atom. The van der Waals surface area contributed by atoms with Crippen molar-refractivity contribution in [3.63, 3.8) is 0 Å². The van der Waals surface area contributed by atoms with Crippen LogP contribution in [-0.2, 0) is 16.1 Å². The minimum Gasteiger partial charge on any atom is -0.484 e. The van der Waals surface area contributed by atoms with Crippen LogP contribution < -0.4 is 10.1 Å². The molecule has 0 spiro atoms. The van der Waals surface area contributed by atoms with E-state index in [-0.39, 0.29) is 30.2 Å². The van der Waals surface area contributed by atoms with Gasteiger partial charge >= 0.3 is 0 Å². The average molecular weight is 677 g/mol. The van der Waals surface area contributed by atoms with Crippen LogP contribution >= 0.6 is 50.3 Å². The topological polar surface area (TPSA) is 75.7 Å². The smallest absolute Gasteiger partial charge is 0.293 e. The predicted molar refractivity (Wildman–Crippen MR) is 155 cm³/mol. The molecule has 0 radical (unpaired) electrons. The minimum absolute atomic E-state index is 0.143. The van der Waals surface area contributed by atoms with Crippen molar-refractivity contribution >= 4 is 79.1 Å². The number of amides is 3. The quantitative estimate of drug-likeness (QED) is 0.217. The Balaban J connectivity index is 1.34. The molecule has 1 N–H and O–H groups in total. The fourth-order valence-corrected chi connectivity index (χ4v) is 5.19. The number of imide groups is 1. The number of aryl methyl sites for hydroxylation is 2. The zero-order chi connectivity index (χ0) is 25.8. The van der Waals surface area contributed by atoms with E-state index < -0.39 is 0 Å². The molecule has 1 aliphatic rings. The zero-order valence-corrected chi connectivity index (χ0v) is 24.1. The van der Waals surface area contributed by atoms with Crippen LogP contribution in [0.4, 0.5) is 10.5 Å². The number of halogens is 2. The Bertz CT molecular complexity index is 1360. The summed E-state index contributed by atoms with van der Waals surface area (Å²) >= 11 is 6.61. The first-order chi connectivity index (χ1) is 17.2. The van der Waals surface area contributed by atoms with Crippen molar-refractivity contribution < 1.29 is 19.1 Å². The lowest BCUT2D eigenvalue weighted by Crippen LogP contribution is -2.27. The molecule has 184 valence electrons. The van der Waals surface area contributed by atoms with Gasteiger partial charge in [0.1, 0.15) is 5.75 Å². The van der Waals surface area contributed by atoms with E-state index >= 15 is 0 Å². The average Bonchev–Trinajstić information content (AvgIpc) is 3.10. The molecule has 3 amide bonds. The van der Waals surface area contributed by atoms with E-state index in [1.54, 1.807) is 30.3 Å². The van der Waals surface area contributed by atoms with Crippen molar-refractivity contribution in [3.8, 4) is 5.75 Å². The molecule has 0 aliphatic carbocycles. The van der Waals surface area contributed by atoms with Gasteiger partial charge in [0.25, 0.3) is 17.1 Å². The molecule has 1 saturated heterocycles. The normalized spacial score (nSPS) is 14.4. The number of nitrogens with zero attached hydrogens (tertiary/aromatic N) is 1. The lowest BCUT2D eigenvalue weighted by atomic mass is 10.1. The Morgan fingerprint density at radius 2 is 1.72 bits per heavy atom. The fourth-order valence-electron chi connectivity index (χ4n) is 3.43. The number of nitrogens with one attached hydrogen (secondary N) is 1. The van der Waals surface area contributed by atoms with Crippen LogP contribution in [0.2, 0.25) is 0 Å². The molecular formula is C27H22BrIN2O4S. The van der Waals surface area contributed by atoms with E-state index in [0.717, 1.165) is 42.1 Å². The summed E-state index contributed by atoms with van der Waals surface area (Å²) < 4.78 is 7.51. The molecule has 0 bridgehead atoms. The van der Waals surface area contributed by atoms with Gasteiger partial charge < -0.3 is 10.1 Å². The highest BCUT2D eigenvalue weighted by atomic mass is 127. The van der Waals surface area contributed by atoms with Crippen LogP contribution in [-0.4, -0.2) is 28.6 Å². The summed E-state index contributed by atoms with van der Waals surface area (Å²) in [5.74, 6) is -0.0591. The van der Waals surface area contributed by atoms with Gasteiger partial charge in [-0.05, 0) is 129 Å². The predicted octanol–water partition coefficient (Wildman–Crippen LogP) is 6.92. The van der Waals surface area contributed by atoms with Crippen molar-refractivity contribution in [1.29, 1.82) is 0 Å². The highest BCUT2D eigenvalue weighted by Crippen LogP contribution is 2.33. The Hall–Kier alpha value is -2.63. The number of anilines is 1. The van der Waals surface area contributed by atoms with Gasteiger partial charge in [-0.3, -0.25) is 19.3 Å². The summed E-state index contributed by atoms with van der Waals surface area (Å²) in [6, 6.07) is 18.6. The molecule has 1 heterocycles. The maximum absolute atomic E-state index is 12.8. The van der Waals surface area contributed by atoms with E-state index in [2.05, 4.69) is 43.8 Å². The highest BCUT2D eigenvalue weighted by molar-refractivity contribution is 14.1. The van der Waals surface area contributed by atoms with Crippen molar-refractivity contribution in [1.82, 2.24) is 4.90 Å². The second-order valence-corrected chi connectivity index (χ2v) is 11.3. The first kappa shape index (κ1) is 26.4. The third kappa shape index (κ3) is 6.57. The van der Waals surface area contributed by atoms with E-state index in [1.807, 2.05) is 50.2 Å². The van der Waals surface area contributed by atoms with Crippen LogP contribution in [0.25, 0.3) is 6.08 Å². The summed E-state index contributed by atoms with van der Waals surface area (Å²) in [4.78, 5) is 39.2. The molecule has 1 aliphatic heterocycles. The van der Waals surface area contributed by atoms with E-state index in [9.17, 15) is 14.4 Å². The summed E-state index contributed by atoms with van der Waals surface area (Å²) in [5.41, 5.74) is 4.56. The van der Waals surface area contributed by atoms with Crippen molar-refractivity contribution in [2.75, 3.05) is 11.9 Å². The van der Waals surface area contributed by atoms with Crippen molar-refractivity contribution in [3.05, 3.63) is 95.9 Å².